The normalized spacial score (nSPS) is 10.3. The van der Waals surface area contributed by atoms with Crippen molar-refractivity contribution < 1.29 is 4.39 Å². The minimum atomic E-state index is -0.233. The van der Waals surface area contributed by atoms with Gasteiger partial charge in [0.2, 0.25) is 0 Å². The predicted molar refractivity (Wildman–Crippen MR) is 65.7 cm³/mol. The van der Waals surface area contributed by atoms with Gasteiger partial charge < -0.3 is 5.32 Å². The molecule has 0 aliphatic carbocycles. The maximum absolute atomic E-state index is 12.8. The van der Waals surface area contributed by atoms with Crippen LogP contribution < -0.4 is 5.32 Å². The van der Waals surface area contributed by atoms with Gasteiger partial charge in [-0.3, -0.25) is 0 Å². The Kier molecular flexibility index (Phi) is 3.38. The molecule has 4 heteroatoms. The summed E-state index contributed by atoms with van der Waals surface area (Å²) in [6.45, 7) is 0.758. The van der Waals surface area contributed by atoms with E-state index in [1.807, 2.05) is 5.38 Å². The Morgan fingerprint density at radius 2 is 2.20 bits per heavy atom. The van der Waals surface area contributed by atoms with Crippen molar-refractivity contribution in [3.05, 3.63) is 50.9 Å². The smallest absolute Gasteiger partial charge is 0.124 e. The topological polar surface area (TPSA) is 12.0 Å². The van der Waals surface area contributed by atoms with Gasteiger partial charge >= 0.3 is 0 Å². The minimum absolute atomic E-state index is 0.233. The van der Waals surface area contributed by atoms with Crippen molar-refractivity contribution in [2.75, 3.05) is 5.32 Å². The molecule has 1 aromatic heterocycles. The second kappa shape index (κ2) is 4.77. The van der Waals surface area contributed by atoms with Crippen LogP contribution in [0.3, 0.4) is 0 Å². The van der Waals surface area contributed by atoms with Crippen LogP contribution in [0, 0.1) is 5.82 Å². The average molecular weight is 286 g/mol. The number of thiophene rings is 1. The second-order valence-electron chi connectivity index (χ2n) is 3.11. The molecule has 1 N–H and O–H groups in total. The molecule has 78 valence electrons. The number of nitrogens with one attached hydrogen (secondary N) is 1. The number of hydrogen-bond donors (Lipinski definition) is 1. The van der Waals surface area contributed by atoms with Crippen LogP contribution in [0.5, 0.6) is 0 Å². The highest BCUT2D eigenvalue weighted by Gasteiger charge is 2.01. The van der Waals surface area contributed by atoms with Crippen LogP contribution >= 0.6 is 27.3 Å². The zero-order valence-corrected chi connectivity index (χ0v) is 10.2. The van der Waals surface area contributed by atoms with E-state index in [1.165, 1.54) is 17.7 Å². The molecule has 0 saturated carbocycles. The monoisotopic (exact) mass is 285 g/mol. The molecule has 1 aromatic carbocycles. The summed E-state index contributed by atoms with van der Waals surface area (Å²) < 4.78 is 13.6. The van der Waals surface area contributed by atoms with E-state index in [0.717, 1.165) is 16.7 Å². The zero-order chi connectivity index (χ0) is 10.7. The fourth-order valence-electron chi connectivity index (χ4n) is 1.22. The van der Waals surface area contributed by atoms with Gasteiger partial charge in [0.05, 0.1) is 0 Å². The fraction of sp³-hybridized carbons (Fsp3) is 0.0909. The van der Waals surface area contributed by atoms with E-state index in [9.17, 15) is 4.39 Å². The number of rotatable bonds is 3. The molecular formula is C11H9BrFNS. The Morgan fingerprint density at radius 1 is 1.33 bits per heavy atom. The average Bonchev–Trinajstić information content (AvgIpc) is 2.69. The fourth-order valence-corrected chi connectivity index (χ4v) is 2.38. The Morgan fingerprint density at radius 3 is 2.87 bits per heavy atom. The lowest BCUT2D eigenvalue weighted by Gasteiger charge is -2.07. The quantitative estimate of drug-likeness (QED) is 0.888. The van der Waals surface area contributed by atoms with Crippen LogP contribution in [-0.2, 0) is 6.54 Å². The maximum Gasteiger partial charge on any atom is 0.124 e. The van der Waals surface area contributed by atoms with E-state index in [0.29, 0.717) is 0 Å². The highest BCUT2D eigenvalue weighted by molar-refractivity contribution is 9.10. The summed E-state index contributed by atoms with van der Waals surface area (Å²) in [5.41, 5.74) is 2.14. The molecule has 2 rings (SSSR count). The first-order valence-corrected chi connectivity index (χ1v) is 6.19. The van der Waals surface area contributed by atoms with Crippen molar-refractivity contribution >= 4 is 33.0 Å². The molecule has 0 fully saturated rings. The summed E-state index contributed by atoms with van der Waals surface area (Å²) in [7, 11) is 0. The van der Waals surface area contributed by atoms with Crippen LogP contribution in [0.25, 0.3) is 0 Å². The molecule has 0 aliphatic rings. The van der Waals surface area contributed by atoms with Crippen LogP contribution in [0.15, 0.2) is 39.5 Å². The Hall–Kier alpha value is -0.870. The SMILES string of the molecule is Fc1ccc(NCc2ccsc2)c(Br)c1. The summed E-state index contributed by atoms with van der Waals surface area (Å²) in [4.78, 5) is 0. The first-order valence-electron chi connectivity index (χ1n) is 4.46. The Bertz CT molecular complexity index is 442. The van der Waals surface area contributed by atoms with Crippen molar-refractivity contribution in [2.24, 2.45) is 0 Å². The molecular weight excluding hydrogens is 277 g/mol. The summed E-state index contributed by atoms with van der Waals surface area (Å²) >= 11 is 4.98. The van der Waals surface area contributed by atoms with Crippen molar-refractivity contribution in [1.82, 2.24) is 0 Å². The lowest BCUT2D eigenvalue weighted by atomic mass is 10.3. The van der Waals surface area contributed by atoms with E-state index >= 15 is 0 Å². The molecule has 0 spiro atoms. The summed E-state index contributed by atoms with van der Waals surface area (Å²) in [6.07, 6.45) is 0. The standard InChI is InChI=1S/C11H9BrFNS/c12-10-5-9(13)1-2-11(10)14-6-8-3-4-15-7-8/h1-5,7,14H,6H2. The molecule has 0 atom stereocenters. The molecule has 15 heavy (non-hydrogen) atoms. The van der Waals surface area contributed by atoms with Gasteiger partial charge in [-0.2, -0.15) is 11.3 Å². The number of hydrogen-bond acceptors (Lipinski definition) is 2. The van der Waals surface area contributed by atoms with Gasteiger partial charge in [0, 0.05) is 16.7 Å². The first kappa shape index (κ1) is 10.6. The summed E-state index contributed by atoms with van der Waals surface area (Å²) in [6, 6.07) is 6.69. The number of halogens is 2. The highest BCUT2D eigenvalue weighted by Crippen LogP contribution is 2.23. The molecule has 1 nitrogen and oxygen atoms in total. The lowest BCUT2D eigenvalue weighted by Crippen LogP contribution is -1.98. The molecule has 0 aliphatic heterocycles. The lowest BCUT2D eigenvalue weighted by molar-refractivity contribution is 0.627. The van der Waals surface area contributed by atoms with Gasteiger partial charge in [0.15, 0.2) is 0 Å². The van der Waals surface area contributed by atoms with Gasteiger partial charge in [0.1, 0.15) is 5.82 Å². The van der Waals surface area contributed by atoms with Crippen LogP contribution in [0.1, 0.15) is 5.56 Å². The number of benzene rings is 1. The third-order valence-electron chi connectivity index (χ3n) is 1.99. The minimum Gasteiger partial charge on any atom is -0.380 e. The van der Waals surface area contributed by atoms with Crippen LogP contribution in [-0.4, -0.2) is 0 Å². The van der Waals surface area contributed by atoms with Crippen LogP contribution in [0.4, 0.5) is 10.1 Å². The summed E-state index contributed by atoms with van der Waals surface area (Å²) in [5.74, 6) is -0.233. The van der Waals surface area contributed by atoms with E-state index in [-0.39, 0.29) is 5.82 Å². The van der Waals surface area contributed by atoms with Gasteiger partial charge in [-0.25, -0.2) is 4.39 Å². The highest BCUT2D eigenvalue weighted by atomic mass is 79.9. The third kappa shape index (κ3) is 2.79. The third-order valence-corrected chi connectivity index (χ3v) is 3.38. The second-order valence-corrected chi connectivity index (χ2v) is 4.74. The van der Waals surface area contributed by atoms with Crippen molar-refractivity contribution in [1.29, 1.82) is 0 Å². The van der Waals surface area contributed by atoms with Crippen molar-refractivity contribution in [3.8, 4) is 0 Å². The van der Waals surface area contributed by atoms with Gasteiger partial charge in [-0.05, 0) is 56.5 Å². The molecule has 0 bridgehead atoms. The maximum atomic E-state index is 12.8. The molecule has 0 unspecified atom stereocenters. The van der Waals surface area contributed by atoms with E-state index in [1.54, 1.807) is 17.4 Å². The van der Waals surface area contributed by atoms with Crippen LogP contribution in [0.2, 0.25) is 0 Å². The molecule has 0 radical (unpaired) electrons. The van der Waals surface area contributed by atoms with E-state index < -0.39 is 0 Å². The van der Waals surface area contributed by atoms with Gasteiger partial charge in [0.25, 0.3) is 0 Å². The Balaban J connectivity index is 2.05. The molecule has 2 aromatic rings. The molecule has 1 heterocycles. The van der Waals surface area contributed by atoms with Gasteiger partial charge in [-0.1, -0.05) is 0 Å². The first-order chi connectivity index (χ1) is 7.25. The zero-order valence-electron chi connectivity index (χ0n) is 7.84. The van der Waals surface area contributed by atoms with Gasteiger partial charge in [-0.15, -0.1) is 0 Å². The van der Waals surface area contributed by atoms with E-state index in [2.05, 4.69) is 32.7 Å². The molecule has 0 saturated heterocycles. The van der Waals surface area contributed by atoms with Crippen molar-refractivity contribution in [3.63, 3.8) is 0 Å². The number of anilines is 1. The summed E-state index contributed by atoms with van der Waals surface area (Å²) in [5, 5.41) is 7.36. The molecule has 0 amide bonds. The van der Waals surface area contributed by atoms with Crippen molar-refractivity contribution in [2.45, 2.75) is 6.54 Å². The van der Waals surface area contributed by atoms with E-state index in [4.69, 9.17) is 0 Å². The largest absolute Gasteiger partial charge is 0.380 e. The Labute approximate surface area is 100 Å². The predicted octanol–water partition coefficient (Wildman–Crippen LogP) is 4.26.